The van der Waals surface area contributed by atoms with Crippen LogP contribution in [0.4, 0.5) is 0 Å². The average molecular weight is 289 g/mol. The zero-order valence-corrected chi connectivity index (χ0v) is 12.1. The molecule has 2 unspecified atom stereocenters. The van der Waals surface area contributed by atoms with Crippen molar-refractivity contribution in [3.05, 3.63) is 30.1 Å². The normalized spacial score (nSPS) is 29.8. The Hall–Kier alpha value is -2.11. The van der Waals surface area contributed by atoms with Crippen LogP contribution in [-0.4, -0.2) is 38.7 Å². The van der Waals surface area contributed by atoms with Crippen LogP contribution in [0.25, 0.3) is 0 Å². The van der Waals surface area contributed by atoms with Gasteiger partial charge in [0.05, 0.1) is 18.0 Å². The summed E-state index contributed by atoms with van der Waals surface area (Å²) in [5.41, 5.74) is 0.943. The van der Waals surface area contributed by atoms with Crippen LogP contribution in [0.15, 0.2) is 24.5 Å². The zero-order valence-electron chi connectivity index (χ0n) is 12.1. The number of carboxylic acids is 1. The number of aryl methyl sites for hydroxylation is 1. The fourth-order valence-electron chi connectivity index (χ4n) is 3.66. The molecular weight excluding hydrogens is 270 g/mol. The molecule has 0 aromatic carbocycles. The van der Waals surface area contributed by atoms with Gasteiger partial charge in [0, 0.05) is 32.4 Å². The van der Waals surface area contributed by atoms with Crippen molar-refractivity contribution in [3.63, 3.8) is 0 Å². The zero-order chi connectivity index (χ0) is 15.1. The van der Waals surface area contributed by atoms with Crippen molar-refractivity contribution in [2.45, 2.75) is 13.0 Å². The maximum Gasteiger partial charge on any atom is 0.307 e. The molecule has 1 aromatic rings. The largest absolute Gasteiger partial charge is 0.481 e. The Labute approximate surface area is 123 Å². The molecule has 1 N–H and O–H groups in total. The molecule has 1 aromatic heterocycles. The van der Waals surface area contributed by atoms with Crippen LogP contribution in [0.2, 0.25) is 0 Å². The minimum Gasteiger partial charge on any atom is -0.481 e. The van der Waals surface area contributed by atoms with Gasteiger partial charge in [0.15, 0.2) is 0 Å². The molecule has 6 nitrogen and oxygen atoms in total. The number of hydrogen-bond acceptors (Lipinski definition) is 3. The van der Waals surface area contributed by atoms with Crippen LogP contribution in [0.5, 0.6) is 0 Å². The molecule has 1 saturated carbocycles. The molecule has 1 fully saturated rings. The van der Waals surface area contributed by atoms with E-state index in [1.54, 1.807) is 22.8 Å². The number of hydrogen-bond donors (Lipinski definition) is 1. The lowest BCUT2D eigenvalue weighted by atomic mass is 9.82. The fourth-order valence-corrected chi connectivity index (χ4v) is 3.66. The minimum atomic E-state index is -0.861. The first-order valence-corrected chi connectivity index (χ1v) is 7.11. The van der Waals surface area contributed by atoms with Crippen LogP contribution < -0.4 is 0 Å². The summed E-state index contributed by atoms with van der Waals surface area (Å²) in [6.07, 6.45) is 8.32. The molecule has 0 aliphatic heterocycles. The number of carbonyl (C=O) groups excluding carboxylic acids is 1. The number of allylic oxidation sites excluding steroid dienone is 2. The van der Waals surface area contributed by atoms with E-state index in [1.165, 1.54) is 0 Å². The Morgan fingerprint density at radius 3 is 2.62 bits per heavy atom. The summed E-state index contributed by atoms with van der Waals surface area (Å²) < 4.78 is 1.69. The summed E-state index contributed by atoms with van der Waals surface area (Å²) >= 11 is 0. The molecule has 0 radical (unpaired) electrons. The van der Waals surface area contributed by atoms with E-state index in [-0.39, 0.29) is 17.7 Å². The van der Waals surface area contributed by atoms with E-state index < -0.39 is 17.8 Å². The van der Waals surface area contributed by atoms with Crippen LogP contribution in [0.1, 0.15) is 12.0 Å². The number of nitrogens with zero attached hydrogens (tertiary/aromatic N) is 3. The third-order valence-corrected chi connectivity index (χ3v) is 4.58. The Bertz CT molecular complexity index is 607. The number of rotatable bonds is 4. The summed E-state index contributed by atoms with van der Waals surface area (Å²) in [6.45, 7) is 0.455. The molecule has 2 bridgehead atoms. The fraction of sp³-hybridized carbons (Fsp3) is 0.533. The van der Waals surface area contributed by atoms with Crippen molar-refractivity contribution in [2.75, 3.05) is 7.05 Å². The monoisotopic (exact) mass is 289 g/mol. The molecular formula is C15H19N3O3. The molecule has 0 saturated heterocycles. The van der Waals surface area contributed by atoms with Gasteiger partial charge in [-0.05, 0) is 18.3 Å². The van der Waals surface area contributed by atoms with Gasteiger partial charge in [-0.1, -0.05) is 12.2 Å². The molecule has 1 heterocycles. The van der Waals surface area contributed by atoms with E-state index in [1.807, 2.05) is 25.4 Å². The highest BCUT2D eigenvalue weighted by Gasteiger charge is 2.52. The van der Waals surface area contributed by atoms with E-state index in [2.05, 4.69) is 5.10 Å². The molecule has 3 rings (SSSR count). The molecule has 2 aliphatic carbocycles. The second-order valence-electron chi connectivity index (χ2n) is 6.05. The SMILES string of the molecule is CN(Cc1cnn(C)c1)C(=O)[C@H]1C2C=CC(C2)[C@H]1C(=O)O. The van der Waals surface area contributed by atoms with Gasteiger partial charge >= 0.3 is 5.97 Å². The van der Waals surface area contributed by atoms with Gasteiger partial charge in [-0.2, -0.15) is 5.10 Å². The molecule has 21 heavy (non-hydrogen) atoms. The molecule has 6 heteroatoms. The minimum absolute atomic E-state index is 0.00763. The van der Waals surface area contributed by atoms with E-state index >= 15 is 0 Å². The molecule has 1 amide bonds. The highest BCUT2D eigenvalue weighted by molar-refractivity contribution is 5.86. The molecule has 2 aliphatic rings. The lowest BCUT2D eigenvalue weighted by Crippen LogP contribution is -2.40. The van der Waals surface area contributed by atoms with E-state index in [0.29, 0.717) is 6.54 Å². The summed E-state index contributed by atoms with van der Waals surface area (Å²) in [5, 5.41) is 13.5. The summed E-state index contributed by atoms with van der Waals surface area (Å²) in [6, 6.07) is 0. The van der Waals surface area contributed by atoms with Crippen molar-refractivity contribution < 1.29 is 14.7 Å². The molecule has 4 atom stereocenters. The number of amides is 1. The average Bonchev–Trinajstić information content (AvgIpc) is 3.12. The van der Waals surface area contributed by atoms with Crippen molar-refractivity contribution in [3.8, 4) is 0 Å². The van der Waals surface area contributed by atoms with Crippen molar-refractivity contribution >= 4 is 11.9 Å². The standard InChI is InChI=1S/C15H19N3O3/c1-17(7-9-6-16-18(2)8-9)14(19)12-10-3-4-11(5-10)13(12)15(20)21/h3-4,6,8,10-13H,5,7H2,1-2H3,(H,20,21)/t10?,11?,12-,13+/m0/s1. The second-order valence-corrected chi connectivity index (χ2v) is 6.05. The summed E-state index contributed by atoms with van der Waals surface area (Å²) in [5.74, 6) is -1.88. The first kappa shape index (κ1) is 13.9. The van der Waals surface area contributed by atoms with E-state index in [4.69, 9.17) is 0 Å². The molecule has 0 spiro atoms. The number of fused-ring (bicyclic) bond motifs is 2. The quantitative estimate of drug-likeness (QED) is 0.836. The van der Waals surface area contributed by atoms with Gasteiger partial charge in [-0.25, -0.2) is 0 Å². The van der Waals surface area contributed by atoms with Crippen molar-refractivity contribution in [2.24, 2.45) is 30.7 Å². The lowest BCUT2D eigenvalue weighted by Gasteiger charge is -2.28. The summed E-state index contributed by atoms with van der Waals surface area (Å²) in [7, 11) is 3.55. The molecule has 112 valence electrons. The maximum atomic E-state index is 12.7. The topological polar surface area (TPSA) is 75.4 Å². The van der Waals surface area contributed by atoms with Crippen molar-refractivity contribution in [1.82, 2.24) is 14.7 Å². The Balaban J connectivity index is 1.74. The predicted octanol–water partition coefficient (Wildman–Crippen LogP) is 0.901. The lowest BCUT2D eigenvalue weighted by molar-refractivity contribution is -0.150. The van der Waals surface area contributed by atoms with Gasteiger partial charge in [-0.3, -0.25) is 14.3 Å². The first-order chi connectivity index (χ1) is 9.97. The van der Waals surface area contributed by atoms with E-state index in [0.717, 1.165) is 12.0 Å². The van der Waals surface area contributed by atoms with Gasteiger partial charge < -0.3 is 10.0 Å². The Morgan fingerprint density at radius 1 is 1.38 bits per heavy atom. The maximum absolute atomic E-state index is 12.7. The summed E-state index contributed by atoms with van der Waals surface area (Å²) in [4.78, 5) is 25.8. The van der Waals surface area contributed by atoms with Crippen molar-refractivity contribution in [1.29, 1.82) is 0 Å². The third-order valence-electron chi connectivity index (χ3n) is 4.58. The smallest absolute Gasteiger partial charge is 0.307 e. The Morgan fingerprint density at radius 2 is 2.05 bits per heavy atom. The Kier molecular flexibility index (Phi) is 3.31. The van der Waals surface area contributed by atoms with Crippen LogP contribution >= 0.6 is 0 Å². The number of aliphatic carboxylic acids is 1. The van der Waals surface area contributed by atoms with Crippen LogP contribution in [0, 0.1) is 23.7 Å². The van der Waals surface area contributed by atoms with Gasteiger partial charge in [0.2, 0.25) is 5.91 Å². The predicted molar refractivity (Wildman–Crippen MR) is 75.0 cm³/mol. The van der Waals surface area contributed by atoms with Crippen LogP contribution in [-0.2, 0) is 23.2 Å². The highest BCUT2D eigenvalue weighted by Crippen LogP contribution is 2.48. The third kappa shape index (κ3) is 2.34. The first-order valence-electron chi connectivity index (χ1n) is 7.11. The highest BCUT2D eigenvalue weighted by atomic mass is 16.4. The number of carboxylic acid groups (broad SMARTS) is 1. The van der Waals surface area contributed by atoms with Crippen LogP contribution in [0.3, 0.4) is 0 Å². The second kappa shape index (κ2) is 5.02. The van der Waals surface area contributed by atoms with E-state index in [9.17, 15) is 14.7 Å². The van der Waals surface area contributed by atoms with Gasteiger partial charge in [0.1, 0.15) is 0 Å². The number of carbonyl (C=O) groups is 2. The van der Waals surface area contributed by atoms with Gasteiger partial charge in [0.25, 0.3) is 0 Å². The number of aromatic nitrogens is 2. The van der Waals surface area contributed by atoms with Gasteiger partial charge in [-0.15, -0.1) is 0 Å².